The van der Waals surface area contributed by atoms with Gasteiger partial charge in [0.15, 0.2) is 5.60 Å². The topological polar surface area (TPSA) is 113 Å². The van der Waals surface area contributed by atoms with Gasteiger partial charge in [-0.2, -0.15) is 0 Å². The number of hydrogen-bond donors (Lipinski definition) is 2. The molecule has 1 aromatic heterocycles. The maximum absolute atomic E-state index is 16.3. The van der Waals surface area contributed by atoms with Gasteiger partial charge in [0.05, 0.1) is 24.0 Å². The summed E-state index contributed by atoms with van der Waals surface area (Å²) >= 11 is 0. The van der Waals surface area contributed by atoms with E-state index in [0.717, 1.165) is 24.2 Å². The highest BCUT2D eigenvalue weighted by atomic mass is 28.4. The summed E-state index contributed by atoms with van der Waals surface area (Å²) in [6.07, 6.45) is 8.30. The van der Waals surface area contributed by atoms with E-state index in [1.807, 2.05) is 25.1 Å². The molecule has 2 amide bonds. The van der Waals surface area contributed by atoms with Gasteiger partial charge >= 0.3 is 0 Å². The highest BCUT2D eigenvalue weighted by Gasteiger charge is 2.66. The Balaban J connectivity index is 1.52. The molecule has 12 heteroatoms. The molecule has 250 valence electrons. The van der Waals surface area contributed by atoms with E-state index in [0.29, 0.717) is 50.3 Å². The molecule has 0 unspecified atom stereocenters. The first kappa shape index (κ1) is 34.1. The molecule has 3 aliphatic heterocycles. The summed E-state index contributed by atoms with van der Waals surface area (Å²) in [6, 6.07) is 5.76. The third kappa shape index (κ3) is 6.76. The van der Waals surface area contributed by atoms with Crippen LogP contribution in [0.3, 0.4) is 0 Å². The number of halogens is 1. The molecule has 0 saturated carbocycles. The Morgan fingerprint density at radius 3 is 2.72 bits per heavy atom. The lowest BCUT2D eigenvalue weighted by molar-refractivity contribution is -0.145. The first-order valence-electron chi connectivity index (χ1n) is 16.5. The van der Waals surface area contributed by atoms with Crippen LogP contribution >= 0.6 is 0 Å². The Morgan fingerprint density at radius 2 is 2.02 bits per heavy atom. The monoisotopic (exact) mass is 652 g/mol. The van der Waals surface area contributed by atoms with Crippen molar-refractivity contribution in [1.29, 1.82) is 0 Å². The molecule has 2 aromatic rings. The average Bonchev–Trinajstić information content (AvgIpc) is 3.64. The van der Waals surface area contributed by atoms with Crippen molar-refractivity contribution in [2.75, 3.05) is 42.6 Å². The molecule has 1 spiro atoms. The van der Waals surface area contributed by atoms with Crippen LogP contribution in [0, 0.1) is 5.92 Å². The SMILES string of the molecule is CC(C)=CCC/C(C)=C/CN1C(=O)[C@]2(O[C@H](CCn3cc(CCO)nn3)[C@@H]([Si](C)(C)F)[C@@H]2C)c2cc(N3CCNCC3=O)ccc21. The van der Waals surface area contributed by atoms with Crippen molar-refractivity contribution >= 4 is 31.6 Å². The number of fused-ring (bicyclic) bond motifs is 2. The van der Waals surface area contributed by atoms with Gasteiger partial charge in [-0.25, -0.2) is 0 Å². The average molecular weight is 653 g/mol. The molecule has 0 bridgehead atoms. The quantitative estimate of drug-likeness (QED) is 0.195. The van der Waals surface area contributed by atoms with Crippen molar-refractivity contribution < 1.29 is 23.5 Å². The van der Waals surface area contributed by atoms with E-state index in [4.69, 9.17) is 4.74 Å². The van der Waals surface area contributed by atoms with Gasteiger partial charge in [-0.3, -0.25) is 14.3 Å². The first-order chi connectivity index (χ1) is 21.9. The van der Waals surface area contributed by atoms with Gasteiger partial charge in [0.2, 0.25) is 14.3 Å². The van der Waals surface area contributed by atoms with Gasteiger partial charge in [0.25, 0.3) is 5.91 Å². The molecule has 2 saturated heterocycles. The zero-order valence-electron chi connectivity index (χ0n) is 28.1. The number of aliphatic hydroxyl groups is 1. The number of nitrogens with one attached hydrogen (secondary N) is 1. The maximum atomic E-state index is 16.3. The summed E-state index contributed by atoms with van der Waals surface area (Å²) in [5.41, 5.74) is 3.52. The van der Waals surface area contributed by atoms with E-state index < -0.39 is 31.6 Å². The smallest absolute Gasteiger partial charge is 0.264 e. The highest BCUT2D eigenvalue weighted by molar-refractivity contribution is 6.72. The number of benzene rings is 1. The summed E-state index contributed by atoms with van der Waals surface area (Å²) in [7, 11) is -3.34. The number of anilines is 2. The van der Waals surface area contributed by atoms with E-state index in [1.54, 1.807) is 33.8 Å². The summed E-state index contributed by atoms with van der Waals surface area (Å²) in [6.45, 7) is 13.9. The molecule has 2 N–H and O–H groups in total. The molecule has 1 aromatic carbocycles. The molecular formula is C34H49FN6O4Si. The predicted octanol–water partition coefficient (Wildman–Crippen LogP) is 4.65. The summed E-state index contributed by atoms with van der Waals surface area (Å²) < 4.78 is 24.9. The number of amides is 2. The van der Waals surface area contributed by atoms with Gasteiger partial charge < -0.3 is 29.1 Å². The van der Waals surface area contributed by atoms with Gasteiger partial charge in [-0.05, 0) is 71.3 Å². The van der Waals surface area contributed by atoms with Crippen LogP contribution < -0.4 is 15.1 Å². The van der Waals surface area contributed by atoms with Crippen molar-refractivity contribution in [2.45, 2.75) is 90.3 Å². The van der Waals surface area contributed by atoms with Crippen LogP contribution in [0.2, 0.25) is 18.6 Å². The standard InChI is InChI=1S/C34H49FN6O4Si/c1-23(2)8-7-9-24(3)12-17-41-29-11-10-27(40-18-15-36-21-31(40)43)20-28(29)34(33(41)44)25(4)32(46(5,6)35)30(45-34)13-16-39-22-26(14-19-42)37-38-39/h8,10-12,20,22,25,30,32,36,42H,7,9,13-19,21H2,1-6H3/b24-12+/t25-,30+,32-,34+/m0/s1. The number of nitrogens with zero attached hydrogens (tertiary/aromatic N) is 5. The molecule has 0 aliphatic carbocycles. The summed E-state index contributed by atoms with van der Waals surface area (Å²) in [4.78, 5) is 31.2. The Labute approximate surface area is 272 Å². The molecule has 5 rings (SSSR count). The zero-order chi connectivity index (χ0) is 33.2. The fraction of sp³-hybridized carbons (Fsp3) is 0.588. The van der Waals surface area contributed by atoms with E-state index in [2.05, 4.69) is 48.6 Å². The van der Waals surface area contributed by atoms with Gasteiger partial charge in [-0.15, -0.1) is 5.10 Å². The Morgan fingerprint density at radius 1 is 1.24 bits per heavy atom. The van der Waals surface area contributed by atoms with Crippen LogP contribution in [0.25, 0.3) is 0 Å². The van der Waals surface area contributed by atoms with Crippen molar-refractivity contribution in [3.63, 3.8) is 0 Å². The van der Waals surface area contributed by atoms with Crippen molar-refractivity contribution in [3.05, 3.63) is 59.0 Å². The molecule has 4 atom stereocenters. The van der Waals surface area contributed by atoms with Gasteiger partial charge in [0.1, 0.15) is 0 Å². The molecular weight excluding hydrogens is 603 g/mol. The third-order valence-corrected chi connectivity index (χ3v) is 12.1. The lowest BCUT2D eigenvalue weighted by atomic mass is 9.82. The number of ether oxygens (including phenoxy) is 1. The number of hydrogen-bond acceptors (Lipinski definition) is 7. The number of piperazine rings is 1. The van der Waals surface area contributed by atoms with Crippen LogP contribution in [0.15, 0.2) is 47.7 Å². The van der Waals surface area contributed by atoms with Crippen molar-refractivity contribution in [3.8, 4) is 0 Å². The van der Waals surface area contributed by atoms with E-state index in [9.17, 15) is 14.7 Å². The Kier molecular flexibility index (Phi) is 10.3. The van der Waals surface area contributed by atoms with Gasteiger partial charge in [0, 0.05) is 68.1 Å². The Bertz CT molecular complexity index is 1500. The zero-order valence-corrected chi connectivity index (χ0v) is 29.1. The minimum Gasteiger partial charge on any atom is -0.396 e. The van der Waals surface area contributed by atoms with E-state index in [-0.39, 0.29) is 25.0 Å². The number of aromatic nitrogens is 3. The molecule has 2 fully saturated rings. The lowest BCUT2D eigenvalue weighted by Gasteiger charge is -2.32. The minimum atomic E-state index is -3.34. The number of allylic oxidation sites excluding steroid dienone is 3. The van der Waals surface area contributed by atoms with Crippen LogP contribution in [0.1, 0.15) is 58.2 Å². The highest BCUT2D eigenvalue weighted by Crippen LogP contribution is 2.60. The number of carbonyl (C=O) groups excluding carboxylic acids is 2. The lowest BCUT2D eigenvalue weighted by Crippen LogP contribution is -2.48. The number of aliphatic hydroxyl groups excluding tert-OH is 1. The number of rotatable bonds is 12. The molecule has 3 aliphatic rings. The van der Waals surface area contributed by atoms with Crippen LogP contribution in [-0.4, -0.2) is 79.2 Å². The Hall–Kier alpha value is -3.19. The molecule has 46 heavy (non-hydrogen) atoms. The molecule has 0 radical (unpaired) electrons. The van der Waals surface area contributed by atoms with Crippen LogP contribution in [-0.2, 0) is 32.9 Å². The summed E-state index contributed by atoms with van der Waals surface area (Å²) in [5, 5.41) is 20.7. The third-order valence-electron chi connectivity index (χ3n) is 9.66. The normalized spacial score (nSPS) is 25.1. The fourth-order valence-corrected chi connectivity index (χ4v) is 9.95. The maximum Gasteiger partial charge on any atom is 0.264 e. The predicted molar refractivity (Wildman–Crippen MR) is 180 cm³/mol. The van der Waals surface area contributed by atoms with E-state index in [1.165, 1.54) is 11.1 Å². The largest absolute Gasteiger partial charge is 0.396 e. The van der Waals surface area contributed by atoms with Crippen LogP contribution in [0.4, 0.5) is 15.5 Å². The van der Waals surface area contributed by atoms with Gasteiger partial charge in [-0.1, -0.05) is 35.4 Å². The fourth-order valence-electron chi connectivity index (χ4n) is 7.41. The second-order valence-corrected chi connectivity index (χ2v) is 17.5. The number of aryl methyl sites for hydroxylation is 1. The second-order valence-electron chi connectivity index (χ2n) is 13.7. The number of carbonyl (C=O) groups is 2. The summed E-state index contributed by atoms with van der Waals surface area (Å²) in [5.74, 6) is -0.639. The minimum absolute atomic E-state index is 0.0160. The second kappa shape index (κ2) is 13.9. The van der Waals surface area contributed by atoms with Crippen molar-refractivity contribution in [2.24, 2.45) is 5.92 Å². The molecule has 10 nitrogen and oxygen atoms in total. The van der Waals surface area contributed by atoms with Crippen LogP contribution in [0.5, 0.6) is 0 Å². The first-order valence-corrected chi connectivity index (χ1v) is 19.5. The van der Waals surface area contributed by atoms with E-state index >= 15 is 4.11 Å². The molecule has 4 heterocycles. The van der Waals surface area contributed by atoms with Crippen molar-refractivity contribution in [1.82, 2.24) is 20.3 Å².